The average Bonchev–Trinajstić information content (AvgIpc) is 3.48. The number of aromatic nitrogens is 4. The third-order valence-electron chi connectivity index (χ3n) is 5.16. The van der Waals surface area contributed by atoms with Crippen LogP contribution in [-0.4, -0.2) is 25.8 Å². The third kappa shape index (κ3) is 3.94. The molecule has 7 heteroatoms. The maximum Gasteiger partial charge on any atom is 0.270 e. The second-order valence-corrected chi connectivity index (χ2v) is 8.42. The van der Waals surface area contributed by atoms with Crippen molar-refractivity contribution in [3.8, 4) is 11.6 Å². The topological polar surface area (TPSA) is 101 Å². The molecule has 3 aromatic rings. The number of nitrogens with one attached hydrogen (secondary N) is 2. The fourth-order valence-electron chi connectivity index (χ4n) is 3.28. The van der Waals surface area contributed by atoms with Gasteiger partial charge in [0, 0.05) is 18.5 Å². The van der Waals surface area contributed by atoms with E-state index in [0.717, 1.165) is 18.4 Å². The van der Waals surface area contributed by atoms with Crippen LogP contribution in [0.15, 0.2) is 53.6 Å². The number of hydrogen-bond acceptors (Lipinski definition) is 5. The van der Waals surface area contributed by atoms with E-state index in [9.17, 15) is 9.59 Å². The van der Waals surface area contributed by atoms with Crippen LogP contribution in [0.5, 0.6) is 0 Å². The highest BCUT2D eigenvalue weighted by molar-refractivity contribution is 5.93. The van der Waals surface area contributed by atoms with Gasteiger partial charge in [-0.3, -0.25) is 9.59 Å². The van der Waals surface area contributed by atoms with Crippen molar-refractivity contribution in [2.75, 3.05) is 0 Å². The van der Waals surface area contributed by atoms with E-state index in [1.807, 2.05) is 0 Å². The molecule has 1 saturated carbocycles. The largest absolute Gasteiger partial charge is 0.341 e. The predicted molar refractivity (Wildman–Crippen MR) is 109 cm³/mol. The molecule has 1 aliphatic carbocycles. The van der Waals surface area contributed by atoms with E-state index in [-0.39, 0.29) is 28.7 Å². The first-order chi connectivity index (χ1) is 13.8. The maximum atomic E-state index is 12.9. The predicted octanol–water partition coefficient (Wildman–Crippen LogP) is 2.94. The molecule has 29 heavy (non-hydrogen) atoms. The molecule has 2 heterocycles. The number of aromatic amines is 1. The second-order valence-electron chi connectivity index (χ2n) is 8.42. The SMILES string of the molecule is CC(C)(C)c1ccc(C2(NC(=O)c3cc(=O)[nH]c(-c4ncccn4)n3)CC2)cc1. The van der Waals surface area contributed by atoms with Crippen molar-refractivity contribution in [3.63, 3.8) is 0 Å². The quantitative estimate of drug-likeness (QED) is 0.714. The maximum absolute atomic E-state index is 12.9. The van der Waals surface area contributed by atoms with Crippen LogP contribution in [0.25, 0.3) is 11.6 Å². The number of carbonyl (C=O) groups is 1. The molecule has 0 aliphatic heterocycles. The van der Waals surface area contributed by atoms with E-state index < -0.39 is 11.1 Å². The molecule has 1 fully saturated rings. The van der Waals surface area contributed by atoms with Gasteiger partial charge < -0.3 is 10.3 Å². The first kappa shape index (κ1) is 19.0. The summed E-state index contributed by atoms with van der Waals surface area (Å²) >= 11 is 0. The lowest BCUT2D eigenvalue weighted by atomic mass is 9.86. The van der Waals surface area contributed by atoms with Crippen LogP contribution in [0.2, 0.25) is 0 Å². The highest BCUT2D eigenvalue weighted by Crippen LogP contribution is 2.46. The van der Waals surface area contributed by atoms with E-state index in [1.54, 1.807) is 18.5 Å². The molecule has 1 aliphatic rings. The summed E-state index contributed by atoms with van der Waals surface area (Å²) in [5, 5.41) is 3.07. The number of amides is 1. The Balaban J connectivity index is 1.58. The molecule has 0 spiro atoms. The Morgan fingerprint density at radius 2 is 1.76 bits per heavy atom. The number of H-pyrrole nitrogens is 1. The molecule has 0 atom stereocenters. The van der Waals surface area contributed by atoms with Crippen molar-refractivity contribution in [2.24, 2.45) is 0 Å². The fraction of sp³-hybridized carbons (Fsp3) is 0.318. The van der Waals surface area contributed by atoms with Crippen LogP contribution in [-0.2, 0) is 11.0 Å². The van der Waals surface area contributed by atoms with Crippen LogP contribution in [0.3, 0.4) is 0 Å². The number of rotatable bonds is 4. The average molecular weight is 389 g/mol. The van der Waals surface area contributed by atoms with Gasteiger partial charge in [-0.15, -0.1) is 0 Å². The summed E-state index contributed by atoms with van der Waals surface area (Å²) in [6.07, 6.45) is 4.81. The molecule has 0 radical (unpaired) electrons. The molecule has 0 saturated heterocycles. The molecule has 7 nitrogen and oxygen atoms in total. The van der Waals surface area contributed by atoms with E-state index >= 15 is 0 Å². The van der Waals surface area contributed by atoms with Crippen LogP contribution in [0.4, 0.5) is 0 Å². The molecule has 1 amide bonds. The Morgan fingerprint density at radius 3 is 2.34 bits per heavy atom. The van der Waals surface area contributed by atoms with Crippen molar-refractivity contribution in [1.29, 1.82) is 0 Å². The van der Waals surface area contributed by atoms with Gasteiger partial charge in [0.25, 0.3) is 11.5 Å². The molecule has 148 valence electrons. The summed E-state index contributed by atoms with van der Waals surface area (Å²) < 4.78 is 0. The van der Waals surface area contributed by atoms with E-state index in [4.69, 9.17) is 0 Å². The Hall–Kier alpha value is -3.35. The highest BCUT2D eigenvalue weighted by Gasteiger charge is 2.46. The summed E-state index contributed by atoms with van der Waals surface area (Å²) in [5.41, 5.74) is 1.60. The molecular formula is C22H23N5O2. The van der Waals surface area contributed by atoms with Gasteiger partial charge in [0.05, 0.1) is 5.54 Å². The van der Waals surface area contributed by atoms with Gasteiger partial charge in [0.2, 0.25) is 0 Å². The second kappa shape index (κ2) is 6.92. The molecular weight excluding hydrogens is 366 g/mol. The first-order valence-corrected chi connectivity index (χ1v) is 9.59. The minimum Gasteiger partial charge on any atom is -0.341 e. The molecule has 0 unspecified atom stereocenters. The number of nitrogens with zero attached hydrogens (tertiary/aromatic N) is 3. The third-order valence-corrected chi connectivity index (χ3v) is 5.16. The minimum absolute atomic E-state index is 0.0498. The monoisotopic (exact) mass is 389 g/mol. The Kier molecular flexibility index (Phi) is 4.53. The Morgan fingerprint density at radius 1 is 1.10 bits per heavy atom. The Bertz CT molecular complexity index is 1090. The lowest BCUT2D eigenvalue weighted by Crippen LogP contribution is -2.36. The summed E-state index contributed by atoms with van der Waals surface area (Å²) in [7, 11) is 0. The van der Waals surface area contributed by atoms with E-state index in [2.05, 4.69) is 70.3 Å². The van der Waals surface area contributed by atoms with Crippen molar-refractivity contribution in [1.82, 2.24) is 25.3 Å². The molecule has 2 N–H and O–H groups in total. The summed E-state index contributed by atoms with van der Waals surface area (Å²) in [6, 6.07) is 11.2. The van der Waals surface area contributed by atoms with Crippen molar-refractivity contribution in [3.05, 3.63) is 76.0 Å². The van der Waals surface area contributed by atoms with Crippen LogP contribution in [0.1, 0.15) is 55.2 Å². The van der Waals surface area contributed by atoms with Gasteiger partial charge in [-0.2, -0.15) is 0 Å². The molecule has 4 rings (SSSR count). The lowest BCUT2D eigenvalue weighted by molar-refractivity contribution is 0.0925. The highest BCUT2D eigenvalue weighted by atomic mass is 16.2. The van der Waals surface area contributed by atoms with E-state index in [0.29, 0.717) is 0 Å². The van der Waals surface area contributed by atoms with Gasteiger partial charge in [0.1, 0.15) is 5.69 Å². The Labute approximate surface area is 168 Å². The number of carbonyl (C=O) groups excluding carboxylic acids is 1. The molecule has 2 aromatic heterocycles. The standard InChI is InChI=1S/C22H23N5O2/c1-21(2,3)14-5-7-15(8-6-14)22(9-10-22)27-20(29)16-13-17(28)26-19(25-16)18-23-11-4-12-24-18/h4-8,11-13H,9-10H2,1-3H3,(H,27,29)(H,25,26,28). The number of benzene rings is 1. The van der Waals surface area contributed by atoms with Crippen molar-refractivity contribution in [2.45, 2.75) is 44.6 Å². The van der Waals surface area contributed by atoms with Crippen molar-refractivity contribution < 1.29 is 4.79 Å². The normalized spacial score (nSPS) is 15.0. The van der Waals surface area contributed by atoms with E-state index in [1.165, 1.54) is 11.6 Å². The van der Waals surface area contributed by atoms with Crippen LogP contribution >= 0.6 is 0 Å². The molecule has 1 aromatic carbocycles. The zero-order valence-corrected chi connectivity index (χ0v) is 16.7. The van der Waals surface area contributed by atoms with Gasteiger partial charge >= 0.3 is 0 Å². The van der Waals surface area contributed by atoms with Crippen LogP contribution in [0, 0.1) is 0 Å². The minimum atomic E-state index is -0.424. The van der Waals surface area contributed by atoms with Crippen LogP contribution < -0.4 is 10.9 Å². The van der Waals surface area contributed by atoms with Gasteiger partial charge in [-0.25, -0.2) is 15.0 Å². The van der Waals surface area contributed by atoms with Gasteiger partial charge in [-0.05, 0) is 35.4 Å². The fourth-order valence-corrected chi connectivity index (χ4v) is 3.28. The first-order valence-electron chi connectivity index (χ1n) is 9.59. The molecule has 0 bridgehead atoms. The summed E-state index contributed by atoms with van der Waals surface area (Å²) in [5.74, 6) is 0.0476. The summed E-state index contributed by atoms with van der Waals surface area (Å²) in [6.45, 7) is 6.51. The smallest absolute Gasteiger partial charge is 0.270 e. The van der Waals surface area contributed by atoms with Gasteiger partial charge in [-0.1, -0.05) is 45.0 Å². The summed E-state index contributed by atoms with van der Waals surface area (Å²) in [4.78, 5) is 39.9. The van der Waals surface area contributed by atoms with Crippen molar-refractivity contribution >= 4 is 5.91 Å². The van der Waals surface area contributed by atoms with Gasteiger partial charge in [0.15, 0.2) is 11.6 Å². The zero-order valence-electron chi connectivity index (χ0n) is 16.7. The zero-order chi connectivity index (χ0) is 20.6. The lowest BCUT2D eigenvalue weighted by Gasteiger charge is -2.22. The number of hydrogen-bond donors (Lipinski definition) is 2.